The summed E-state index contributed by atoms with van der Waals surface area (Å²) in [4.78, 5) is 25.7. The largest absolute Gasteiger partial charge is 0.444 e. The fraction of sp³-hybridized carbons (Fsp3) is 0.857. The van der Waals surface area contributed by atoms with Gasteiger partial charge in [-0.3, -0.25) is 9.69 Å². The first-order valence-corrected chi connectivity index (χ1v) is 6.95. The summed E-state index contributed by atoms with van der Waals surface area (Å²) in [5, 5.41) is 0. The van der Waals surface area contributed by atoms with E-state index in [1.54, 1.807) is 0 Å². The van der Waals surface area contributed by atoms with Crippen LogP contribution in [0, 0.1) is 0 Å². The molecule has 19 heavy (non-hydrogen) atoms. The molecule has 0 aromatic carbocycles. The van der Waals surface area contributed by atoms with Crippen LogP contribution >= 0.6 is 0 Å². The van der Waals surface area contributed by atoms with Crippen LogP contribution in [-0.2, 0) is 14.3 Å². The van der Waals surface area contributed by atoms with Gasteiger partial charge in [-0.2, -0.15) is 0 Å². The molecule has 0 bridgehead atoms. The van der Waals surface area contributed by atoms with Crippen molar-refractivity contribution in [3.63, 3.8) is 0 Å². The van der Waals surface area contributed by atoms with Gasteiger partial charge in [-0.05, 0) is 27.2 Å². The molecule has 0 aromatic heterocycles. The van der Waals surface area contributed by atoms with Crippen molar-refractivity contribution in [2.75, 3.05) is 19.8 Å². The summed E-state index contributed by atoms with van der Waals surface area (Å²) in [5.74, 6) is 0.0624. The van der Waals surface area contributed by atoms with E-state index in [4.69, 9.17) is 9.47 Å². The summed E-state index contributed by atoms with van der Waals surface area (Å²) in [6, 6.07) is -0.491. The van der Waals surface area contributed by atoms with Gasteiger partial charge < -0.3 is 9.47 Å². The maximum absolute atomic E-state index is 12.1. The first-order valence-electron chi connectivity index (χ1n) is 6.95. The van der Waals surface area contributed by atoms with Crippen molar-refractivity contribution < 1.29 is 19.1 Å². The van der Waals surface area contributed by atoms with Gasteiger partial charge in [0.25, 0.3) is 0 Å². The molecule has 0 radical (unpaired) electrons. The lowest BCUT2D eigenvalue weighted by atomic mass is 10.1. The molecule has 1 heterocycles. The summed E-state index contributed by atoms with van der Waals surface area (Å²) in [6.45, 7) is 8.64. The average molecular weight is 271 g/mol. The van der Waals surface area contributed by atoms with Crippen molar-refractivity contribution in [1.82, 2.24) is 4.90 Å². The first-order chi connectivity index (χ1) is 8.85. The zero-order valence-corrected chi connectivity index (χ0v) is 12.4. The Bertz CT molecular complexity index is 322. The zero-order chi connectivity index (χ0) is 14.5. The highest BCUT2D eigenvalue weighted by molar-refractivity contribution is 5.87. The van der Waals surface area contributed by atoms with Gasteiger partial charge in [0, 0.05) is 13.0 Å². The fourth-order valence-electron chi connectivity index (χ4n) is 1.93. The molecule has 1 unspecified atom stereocenters. The number of unbranched alkanes of at least 4 members (excludes halogenated alkanes) is 1. The fourth-order valence-corrected chi connectivity index (χ4v) is 1.93. The smallest absolute Gasteiger partial charge is 0.411 e. The highest BCUT2D eigenvalue weighted by Crippen LogP contribution is 2.16. The number of carbonyl (C=O) groups is 2. The number of carbonyl (C=O) groups excluding carboxylic acids is 2. The molecule has 110 valence electrons. The molecule has 1 aliphatic heterocycles. The summed E-state index contributed by atoms with van der Waals surface area (Å²) >= 11 is 0. The lowest BCUT2D eigenvalue weighted by Crippen LogP contribution is -2.53. The van der Waals surface area contributed by atoms with Crippen LogP contribution in [0.2, 0.25) is 0 Å². The average Bonchev–Trinajstić information content (AvgIpc) is 2.34. The van der Waals surface area contributed by atoms with Crippen molar-refractivity contribution in [1.29, 1.82) is 0 Å². The summed E-state index contributed by atoms with van der Waals surface area (Å²) in [6.07, 6.45) is 1.87. The molecule has 1 rings (SSSR count). The Morgan fingerprint density at radius 1 is 1.37 bits per heavy atom. The van der Waals surface area contributed by atoms with E-state index in [2.05, 4.69) is 0 Å². The van der Waals surface area contributed by atoms with E-state index in [0.29, 0.717) is 19.6 Å². The summed E-state index contributed by atoms with van der Waals surface area (Å²) in [5.41, 5.74) is -0.549. The van der Waals surface area contributed by atoms with Gasteiger partial charge >= 0.3 is 6.09 Å². The summed E-state index contributed by atoms with van der Waals surface area (Å²) in [7, 11) is 0. The van der Waals surface area contributed by atoms with Gasteiger partial charge in [-0.25, -0.2) is 4.79 Å². The second kappa shape index (κ2) is 6.89. The standard InChI is InChI=1S/C14H25NO4/c1-5-6-7-12(16)11-10-18-9-8-15(11)13(17)19-14(2,3)4/h11H,5-10H2,1-4H3. The Morgan fingerprint density at radius 3 is 2.63 bits per heavy atom. The SMILES string of the molecule is CCCCC(=O)C1COCCN1C(=O)OC(C)(C)C. The van der Waals surface area contributed by atoms with Gasteiger partial charge in [0.1, 0.15) is 11.6 Å². The lowest BCUT2D eigenvalue weighted by molar-refractivity contribution is -0.130. The number of amides is 1. The molecule has 1 amide bonds. The van der Waals surface area contributed by atoms with Crippen LogP contribution in [-0.4, -0.2) is 48.2 Å². The third-order valence-corrected chi connectivity index (χ3v) is 2.90. The predicted octanol–water partition coefficient (Wildman–Crippen LogP) is 2.38. The second-order valence-corrected chi connectivity index (χ2v) is 5.83. The number of hydrogen-bond donors (Lipinski definition) is 0. The molecule has 1 saturated heterocycles. The topological polar surface area (TPSA) is 55.8 Å². The minimum atomic E-state index is -0.549. The summed E-state index contributed by atoms with van der Waals surface area (Å²) < 4.78 is 10.7. The Morgan fingerprint density at radius 2 is 2.05 bits per heavy atom. The van der Waals surface area contributed by atoms with E-state index in [9.17, 15) is 9.59 Å². The molecule has 1 aliphatic rings. The van der Waals surface area contributed by atoms with E-state index in [-0.39, 0.29) is 12.4 Å². The quantitative estimate of drug-likeness (QED) is 0.787. The predicted molar refractivity (Wildman–Crippen MR) is 72.1 cm³/mol. The highest BCUT2D eigenvalue weighted by Gasteiger charge is 2.34. The van der Waals surface area contributed by atoms with Crippen LogP contribution in [0.4, 0.5) is 4.79 Å². The number of ketones is 1. The van der Waals surface area contributed by atoms with Gasteiger partial charge in [0.05, 0.1) is 13.2 Å². The molecule has 0 aromatic rings. The number of nitrogens with zero attached hydrogens (tertiary/aromatic N) is 1. The molecule has 1 atom stereocenters. The lowest BCUT2D eigenvalue weighted by Gasteiger charge is -2.35. The van der Waals surface area contributed by atoms with E-state index in [1.165, 1.54) is 4.90 Å². The maximum atomic E-state index is 12.1. The Kier molecular flexibility index (Phi) is 5.79. The molecular formula is C14H25NO4. The second-order valence-electron chi connectivity index (χ2n) is 5.83. The van der Waals surface area contributed by atoms with E-state index in [0.717, 1.165) is 12.8 Å². The van der Waals surface area contributed by atoms with Gasteiger partial charge in [0.15, 0.2) is 5.78 Å². The molecular weight excluding hydrogens is 246 g/mol. The van der Waals surface area contributed by atoms with E-state index in [1.807, 2.05) is 27.7 Å². The molecule has 5 nitrogen and oxygen atoms in total. The number of morpholine rings is 1. The monoisotopic (exact) mass is 271 g/mol. The van der Waals surface area contributed by atoms with Crippen LogP contribution < -0.4 is 0 Å². The first kappa shape index (κ1) is 16.0. The minimum absolute atomic E-state index is 0.0624. The highest BCUT2D eigenvalue weighted by atomic mass is 16.6. The van der Waals surface area contributed by atoms with Crippen molar-refractivity contribution in [3.05, 3.63) is 0 Å². The molecule has 0 saturated carbocycles. The molecule has 0 N–H and O–H groups in total. The van der Waals surface area contributed by atoms with Gasteiger partial charge in [0.2, 0.25) is 0 Å². The van der Waals surface area contributed by atoms with Crippen molar-refractivity contribution in [2.24, 2.45) is 0 Å². The van der Waals surface area contributed by atoms with Gasteiger partial charge in [-0.1, -0.05) is 13.3 Å². The third-order valence-electron chi connectivity index (χ3n) is 2.90. The van der Waals surface area contributed by atoms with E-state index < -0.39 is 17.7 Å². The number of rotatable bonds is 4. The van der Waals surface area contributed by atoms with Crippen molar-refractivity contribution in [3.8, 4) is 0 Å². The molecule has 0 spiro atoms. The van der Waals surface area contributed by atoms with Gasteiger partial charge in [-0.15, -0.1) is 0 Å². The minimum Gasteiger partial charge on any atom is -0.444 e. The van der Waals surface area contributed by atoms with Crippen molar-refractivity contribution in [2.45, 2.75) is 58.6 Å². The normalized spacial score (nSPS) is 20.2. The number of ether oxygens (including phenoxy) is 2. The van der Waals surface area contributed by atoms with Crippen LogP contribution in [0.3, 0.4) is 0 Å². The molecule has 5 heteroatoms. The van der Waals surface area contributed by atoms with Crippen molar-refractivity contribution >= 4 is 11.9 Å². The van der Waals surface area contributed by atoms with Crippen LogP contribution in [0.15, 0.2) is 0 Å². The third kappa shape index (κ3) is 5.19. The Balaban J connectivity index is 2.66. The van der Waals surface area contributed by atoms with E-state index >= 15 is 0 Å². The molecule has 1 fully saturated rings. The Labute approximate surface area is 115 Å². The van der Waals surface area contributed by atoms with Crippen LogP contribution in [0.25, 0.3) is 0 Å². The van der Waals surface area contributed by atoms with Crippen LogP contribution in [0.1, 0.15) is 47.0 Å². The molecule has 0 aliphatic carbocycles. The number of Topliss-reactive ketones (excluding diaryl/α,β-unsaturated/α-hetero) is 1. The zero-order valence-electron chi connectivity index (χ0n) is 12.4. The van der Waals surface area contributed by atoms with Crippen LogP contribution in [0.5, 0.6) is 0 Å². The number of hydrogen-bond acceptors (Lipinski definition) is 4. The maximum Gasteiger partial charge on any atom is 0.411 e. The Hall–Kier alpha value is -1.10.